The summed E-state index contributed by atoms with van der Waals surface area (Å²) < 4.78 is 12.6. The first-order valence-corrected chi connectivity index (χ1v) is 8.86. The van der Waals surface area contributed by atoms with Gasteiger partial charge in [0.15, 0.2) is 0 Å². The molecule has 24 heavy (non-hydrogen) atoms. The van der Waals surface area contributed by atoms with E-state index in [1.165, 1.54) is 11.1 Å². The van der Waals surface area contributed by atoms with E-state index in [4.69, 9.17) is 9.47 Å². The SMILES string of the molecule is C[N+]1(CCOCC(c2ccccc2)c2ccccc2)CCOCC1. The third-order valence-electron chi connectivity index (χ3n) is 5.01. The first-order chi connectivity index (χ1) is 11.8. The van der Waals surface area contributed by atoms with Gasteiger partial charge in [-0.3, -0.25) is 0 Å². The van der Waals surface area contributed by atoms with Crippen LogP contribution in [0.4, 0.5) is 0 Å². The lowest BCUT2D eigenvalue weighted by Crippen LogP contribution is -2.53. The molecule has 0 spiro atoms. The molecule has 0 atom stereocenters. The topological polar surface area (TPSA) is 18.5 Å². The fourth-order valence-electron chi connectivity index (χ4n) is 3.25. The molecule has 0 amide bonds. The van der Waals surface area contributed by atoms with Crippen LogP contribution in [0.2, 0.25) is 0 Å². The van der Waals surface area contributed by atoms with Crippen LogP contribution in [0.15, 0.2) is 60.7 Å². The van der Waals surface area contributed by atoms with Gasteiger partial charge in [0, 0.05) is 5.92 Å². The highest BCUT2D eigenvalue weighted by Gasteiger charge is 2.25. The van der Waals surface area contributed by atoms with Gasteiger partial charge < -0.3 is 14.0 Å². The second kappa shape index (κ2) is 8.43. The molecule has 2 aromatic carbocycles. The lowest BCUT2D eigenvalue weighted by molar-refractivity contribution is -0.917. The number of nitrogens with zero attached hydrogens (tertiary/aromatic N) is 1. The number of quaternary nitrogens is 1. The second-order valence-corrected chi connectivity index (χ2v) is 6.85. The van der Waals surface area contributed by atoms with E-state index in [1.807, 2.05) is 0 Å². The smallest absolute Gasteiger partial charge is 0.102 e. The van der Waals surface area contributed by atoms with Crippen LogP contribution in [0.1, 0.15) is 17.0 Å². The third kappa shape index (κ3) is 4.67. The molecule has 1 aliphatic rings. The molecule has 0 aliphatic carbocycles. The molecule has 1 heterocycles. The molecule has 128 valence electrons. The normalized spacial score (nSPS) is 17.1. The molecule has 0 saturated carbocycles. The lowest BCUT2D eigenvalue weighted by Gasteiger charge is -2.37. The molecular formula is C21H28NO2+. The van der Waals surface area contributed by atoms with Crippen molar-refractivity contribution < 1.29 is 14.0 Å². The second-order valence-electron chi connectivity index (χ2n) is 6.85. The summed E-state index contributed by atoms with van der Waals surface area (Å²) in [4.78, 5) is 0. The Balaban J connectivity index is 1.59. The highest BCUT2D eigenvalue weighted by Crippen LogP contribution is 2.24. The zero-order valence-electron chi connectivity index (χ0n) is 14.6. The number of rotatable bonds is 7. The zero-order valence-corrected chi connectivity index (χ0v) is 14.6. The highest BCUT2D eigenvalue weighted by molar-refractivity contribution is 5.32. The molecule has 1 saturated heterocycles. The summed E-state index contributed by atoms with van der Waals surface area (Å²) in [5.41, 5.74) is 2.63. The Labute approximate surface area is 145 Å². The Morgan fingerprint density at radius 1 is 0.917 bits per heavy atom. The Morgan fingerprint density at radius 2 is 1.46 bits per heavy atom. The van der Waals surface area contributed by atoms with Gasteiger partial charge in [0.2, 0.25) is 0 Å². The van der Waals surface area contributed by atoms with E-state index in [-0.39, 0.29) is 0 Å². The summed E-state index contributed by atoms with van der Waals surface area (Å²) in [7, 11) is 2.30. The summed E-state index contributed by atoms with van der Waals surface area (Å²) in [6.45, 7) is 6.49. The minimum absolute atomic E-state index is 0.294. The predicted molar refractivity (Wildman–Crippen MR) is 97.2 cm³/mol. The number of ether oxygens (including phenoxy) is 2. The summed E-state index contributed by atoms with van der Waals surface area (Å²) >= 11 is 0. The summed E-state index contributed by atoms with van der Waals surface area (Å²) in [6, 6.07) is 21.3. The van der Waals surface area contributed by atoms with Gasteiger partial charge in [-0.1, -0.05) is 60.7 Å². The van der Waals surface area contributed by atoms with E-state index in [0.29, 0.717) is 5.92 Å². The van der Waals surface area contributed by atoms with Crippen LogP contribution in [0, 0.1) is 0 Å². The summed E-state index contributed by atoms with van der Waals surface area (Å²) in [5.74, 6) is 0.294. The number of morpholine rings is 1. The average Bonchev–Trinajstić information content (AvgIpc) is 2.64. The van der Waals surface area contributed by atoms with E-state index in [2.05, 4.69) is 67.7 Å². The van der Waals surface area contributed by atoms with Crippen LogP contribution >= 0.6 is 0 Å². The predicted octanol–water partition coefficient (Wildman–Crippen LogP) is 3.31. The lowest BCUT2D eigenvalue weighted by atomic mass is 9.92. The highest BCUT2D eigenvalue weighted by atomic mass is 16.5. The van der Waals surface area contributed by atoms with Crippen molar-refractivity contribution in [2.75, 3.05) is 53.1 Å². The van der Waals surface area contributed by atoms with Crippen molar-refractivity contribution in [2.45, 2.75) is 5.92 Å². The fourth-order valence-corrected chi connectivity index (χ4v) is 3.25. The van der Waals surface area contributed by atoms with Crippen LogP contribution in [0.5, 0.6) is 0 Å². The van der Waals surface area contributed by atoms with E-state index in [1.54, 1.807) is 0 Å². The van der Waals surface area contributed by atoms with Gasteiger partial charge in [0.25, 0.3) is 0 Å². The van der Waals surface area contributed by atoms with Crippen molar-refractivity contribution in [1.82, 2.24) is 0 Å². The first kappa shape index (κ1) is 17.2. The first-order valence-electron chi connectivity index (χ1n) is 8.86. The fraction of sp³-hybridized carbons (Fsp3) is 0.429. The summed E-state index contributed by atoms with van der Waals surface area (Å²) in [5, 5.41) is 0. The standard InChI is InChI=1S/C21H28NO2/c1-22(12-15-23-16-13-22)14-17-24-18-21(19-8-4-2-5-9-19)20-10-6-3-7-11-20/h2-11,21H,12-18H2,1H3/q+1. The van der Waals surface area contributed by atoms with E-state index >= 15 is 0 Å². The maximum Gasteiger partial charge on any atom is 0.102 e. The van der Waals surface area contributed by atoms with Crippen molar-refractivity contribution in [3.8, 4) is 0 Å². The Bertz CT molecular complexity index is 554. The molecule has 0 bridgehead atoms. The Morgan fingerprint density at radius 3 is 2.00 bits per heavy atom. The summed E-state index contributed by atoms with van der Waals surface area (Å²) in [6.07, 6.45) is 0. The van der Waals surface area contributed by atoms with Gasteiger partial charge in [-0.15, -0.1) is 0 Å². The number of hydrogen-bond donors (Lipinski definition) is 0. The van der Waals surface area contributed by atoms with Crippen molar-refractivity contribution >= 4 is 0 Å². The van der Waals surface area contributed by atoms with Gasteiger partial charge >= 0.3 is 0 Å². The van der Waals surface area contributed by atoms with Gasteiger partial charge in [-0.2, -0.15) is 0 Å². The van der Waals surface area contributed by atoms with Crippen LogP contribution in [0.25, 0.3) is 0 Å². The zero-order chi connectivity index (χ0) is 16.7. The maximum atomic E-state index is 6.12. The number of benzene rings is 2. The minimum Gasteiger partial charge on any atom is -0.375 e. The number of likely N-dealkylation sites (N-methyl/N-ethyl adjacent to an activating group) is 1. The molecule has 1 fully saturated rings. The van der Waals surface area contributed by atoms with Crippen molar-refractivity contribution in [3.05, 3.63) is 71.8 Å². The van der Waals surface area contributed by atoms with Crippen molar-refractivity contribution in [2.24, 2.45) is 0 Å². The monoisotopic (exact) mass is 326 g/mol. The van der Waals surface area contributed by atoms with Gasteiger partial charge in [-0.05, 0) is 11.1 Å². The van der Waals surface area contributed by atoms with Gasteiger partial charge in [-0.25, -0.2) is 0 Å². The van der Waals surface area contributed by atoms with Crippen LogP contribution in [-0.2, 0) is 9.47 Å². The molecular weight excluding hydrogens is 298 g/mol. The largest absolute Gasteiger partial charge is 0.375 e. The van der Waals surface area contributed by atoms with Crippen molar-refractivity contribution in [1.29, 1.82) is 0 Å². The van der Waals surface area contributed by atoms with E-state index in [9.17, 15) is 0 Å². The van der Waals surface area contributed by atoms with E-state index < -0.39 is 0 Å². The maximum absolute atomic E-state index is 6.12. The molecule has 0 N–H and O–H groups in total. The molecule has 3 nitrogen and oxygen atoms in total. The van der Waals surface area contributed by atoms with Crippen LogP contribution < -0.4 is 0 Å². The molecule has 0 radical (unpaired) electrons. The Hall–Kier alpha value is -1.68. The van der Waals surface area contributed by atoms with Gasteiger partial charge in [0.1, 0.15) is 19.6 Å². The van der Waals surface area contributed by atoms with E-state index in [0.717, 1.165) is 50.5 Å². The van der Waals surface area contributed by atoms with Gasteiger partial charge in [0.05, 0.1) is 33.5 Å². The molecule has 3 heteroatoms. The van der Waals surface area contributed by atoms with Crippen LogP contribution in [-0.4, -0.2) is 57.6 Å². The minimum atomic E-state index is 0.294. The van der Waals surface area contributed by atoms with Crippen molar-refractivity contribution in [3.63, 3.8) is 0 Å². The quantitative estimate of drug-likeness (QED) is 0.574. The molecule has 3 rings (SSSR count). The van der Waals surface area contributed by atoms with Crippen LogP contribution in [0.3, 0.4) is 0 Å². The number of hydrogen-bond acceptors (Lipinski definition) is 2. The molecule has 1 aliphatic heterocycles. The molecule has 0 aromatic heterocycles. The Kier molecular flexibility index (Phi) is 6.02. The molecule has 2 aromatic rings. The average molecular weight is 326 g/mol. The molecule has 0 unspecified atom stereocenters. The third-order valence-corrected chi connectivity index (χ3v) is 5.01.